The number of likely N-dealkylation sites (tertiary alicyclic amines) is 1. The van der Waals surface area contributed by atoms with E-state index in [9.17, 15) is 9.59 Å². The van der Waals surface area contributed by atoms with E-state index in [-0.39, 0.29) is 17.9 Å². The van der Waals surface area contributed by atoms with Crippen molar-refractivity contribution in [3.63, 3.8) is 0 Å². The molecule has 1 unspecified atom stereocenters. The van der Waals surface area contributed by atoms with Crippen molar-refractivity contribution in [3.8, 4) is 5.75 Å². The van der Waals surface area contributed by atoms with Gasteiger partial charge in [-0.3, -0.25) is 9.69 Å². The van der Waals surface area contributed by atoms with Crippen molar-refractivity contribution >= 4 is 17.6 Å². The molecular weight excluding hydrogens is 456 g/mol. The van der Waals surface area contributed by atoms with Crippen molar-refractivity contribution in [3.05, 3.63) is 59.7 Å². The smallest absolute Gasteiger partial charge is 0.321 e. The number of benzene rings is 2. The number of nitrogens with one attached hydrogen (secondary N) is 2. The third-order valence-electron chi connectivity index (χ3n) is 6.79. The van der Waals surface area contributed by atoms with Crippen LogP contribution in [-0.2, 0) is 4.74 Å². The number of nitrogens with zero attached hydrogens (tertiary/aromatic N) is 2. The van der Waals surface area contributed by atoms with E-state index in [4.69, 9.17) is 9.47 Å². The lowest BCUT2D eigenvalue weighted by Gasteiger charge is -2.33. The second-order valence-electron chi connectivity index (χ2n) is 9.36. The van der Waals surface area contributed by atoms with E-state index in [2.05, 4.69) is 21.6 Å². The van der Waals surface area contributed by atoms with Crippen molar-refractivity contribution in [2.45, 2.75) is 32.1 Å². The first-order valence-corrected chi connectivity index (χ1v) is 13.1. The fourth-order valence-corrected chi connectivity index (χ4v) is 4.80. The van der Waals surface area contributed by atoms with Gasteiger partial charge in [-0.2, -0.15) is 0 Å². The Labute approximate surface area is 213 Å². The number of hydrogen-bond donors (Lipinski definition) is 2. The largest absolute Gasteiger partial charge is 0.494 e. The molecule has 2 heterocycles. The Morgan fingerprint density at radius 3 is 2.67 bits per heavy atom. The highest BCUT2D eigenvalue weighted by molar-refractivity contribution is 5.94. The first kappa shape index (κ1) is 26.0. The Bertz CT molecular complexity index is 991. The molecule has 0 bridgehead atoms. The molecule has 0 aromatic heterocycles. The molecule has 2 aromatic rings. The van der Waals surface area contributed by atoms with Crippen molar-refractivity contribution < 1.29 is 19.1 Å². The third-order valence-corrected chi connectivity index (χ3v) is 6.79. The SMILES string of the molecule is CCOc1ccc(NC(=O)N2CCCC(c3cccc(C(=O)NCCCN4CCOCC4)c3)C2)cc1. The van der Waals surface area contributed by atoms with Crippen LogP contribution in [0.25, 0.3) is 0 Å². The predicted octanol–water partition coefficient (Wildman–Crippen LogP) is 3.95. The molecule has 2 aliphatic heterocycles. The highest BCUT2D eigenvalue weighted by Crippen LogP contribution is 2.28. The molecule has 36 heavy (non-hydrogen) atoms. The van der Waals surface area contributed by atoms with Gasteiger partial charge >= 0.3 is 6.03 Å². The zero-order valence-corrected chi connectivity index (χ0v) is 21.2. The molecule has 0 saturated carbocycles. The second kappa shape index (κ2) is 13.3. The van der Waals surface area contributed by atoms with Crippen molar-refractivity contribution in [2.75, 3.05) is 64.4 Å². The average molecular weight is 495 g/mol. The van der Waals surface area contributed by atoms with E-state index >= 15 is 0 Å². The summed E-state index contributed by atoms with van der Waals surface area (Å²) in [7, 11) is 0. The molecule has 3 amide bonds. The maximum Gasteiger partial charge on any atom is 0.321 e. The Kier molecular flexibility index (Phi) is 9.58. The van der Waals surface area contributed by atoms with Gasteiger partial charge in [0.2, 0.25) is 0 Å². The number of carbonyl (C=O) groups excluding carboxylic acids is 2. The van der Waals surface area contributed by atoms with Crippen molar-refractivity contribution in [1.82, 2.24) is 15.1 Å². The van der Waals surface area contributed by atoms with E-state index in [0.717, 1.165) is 75.7 Å². The normalized spacial score (nSPS) is 18.5. The number of morpholine rings is 1. The van der Waals surface area contributed by atoms with E-state index in [1.807, 2.05) is 54.3 Å². The molecule has 0 radical (unpaired) electrons. The highest BCUT2D eigenvalue weighted by Gasteiger charge is 2.25. The molecule has 4 rings (SSSR count). The lowest BCUT2D eigenvalue weighted by atomic mass is 9.89. The fraction of sp³-hybridized carbons (Fsp3) is 0.500. The number of carbonyl (C=O) groups is 2. The van der Waals surface area contributed by atoms with Crippen LogP contribution in [0.15, 0.2) is 48.5 Å². The average Bonchev–Trinajstić information content (AvgIpc) is 2.93. The van der Waals surface area contributed by atoms with Crippen molar-refractivity contribution in [1.29, 1.82) is 0 Å². The van der Waals surface area contributed by atoms with E-state index < -0.39 is 0 Å². The van der Waals surface area contributed by atoms with Gasteiger partial charge in [-0.25, -0.2) is 4.79 Å². The van der Waals surface area contributed by atoms with E-state index in [1.54, 1.807) is 0 Å². The molecule has 2 fully saturated rings. The minimum absolute atomic E-state index is 0.0419. The molecular formula is C28H38N4O4. The number of ether oxygens (including phenoxy) is 2. The molecule has 8 nitrogen and oxygen atoms in total. The monoisotopic (exact) mass is 494 g/mol. The van der Waals surface area contributed by atoms with Crippen molar-refractivity contribution in [2.24, 2.45) is 0 Å². The van der Waals surface area contributed by atoms with E-state index in [1.165, 1.54) is 0 Å². The minimum Gasteiger partial charge on any atom is -0.494 e. The van der Waals surface area contributed by atoms with Gasteiger partial charge < -0.3 is 25.0 Å². The summed E-state index contributed by atoms with van der Waals surface area (Å²) in [6.07, 6.45) is 2.85. The number of piperidine rings is 1. The Morgan fingerprint density at radius 1 is 1.08 bits per heavy atom. The fourth-order valence-electron chi connectivity index (χ4n) is 4.80. The quantitative estimate of drug-likeness (QED) is 0.516. The second-order valence-corrected chi connectivity index (χ2v) is 9.36. The van der Waals surface area contributed by atoms with Gasteiger partial charge in [-0.15, -0.1) is 0 Å². The van der Waals surface area contributed by atoms with Gasteiger partial charge in [0.05, 0.1) is 19.8 Å². The molecule has 0 aliphatic carbocycles. The highest BCUT2D eigenvalue weighted by atomic mass is 16.5. The van der Waals surface area contributed by atoms with Gasteiger partial charge in [0.1, 0.15) is 5.75 Å². The van der Waals surface area contributed by atoms with Crippen LogP contribution in [0.1, 0.15) is 48.0 Å². The van der Waals surface area contributed by atoms with Crippen LogP contribution in [0, 0.1) is 0 Å². The summed E-state index contributed by atoms with van der Waals surface area (Å²) in [6.45, 7) is 9.05. The molecule has 2 aromatic carbocycles. The Morgan fingerprint density at radius 2 is 1.89 bits per heavy atom. The zero-order chi connectivity index (χ0) is 25.2. The van der Waals surface area contributed by atoms with Gasteiger partial charge in [0, 0.05) is 49.9 Å². The predicted molar refractivity (Wildman–Crippen MR) is 141 cm³/mol. The zero-order valence-electron chi connectivity index (χ0n) is 21.2. The summed E-state index contributed by atoms with van der Waals surface area (Å²) in [5, 5.41) is 6.05. The van der Waals surface area contributed by atoms with E-state index in [0.29, 0.717) is 25.3 Å². The summed E-state index contributed by atoms with van der Waals surface area (Å²) in [6, 6.07) is 15.2. The number of amides is 3. The Hall–Kier alpha value is -3.10. The lowest BCUT2D eigenvalue weighted by Crippen LogP contribution is -2.41. The van der Waals surface area contributed by atoms with Crippen LogP contribution in [0.3, 0.4) is 0 Å². The van der Waals surface area contributed by atoms with Crippen LogP contribution >= 0.6 is 0 Å². The van der Waals surface area contributed by atoms with Crippen LogP contribution in [0.4, 0.5) is 10.5 Å². The molecule has 1 atom stereocenters. The maximum atomic E-state index is 12.9. The van der Waals surface area contributed by atoms with Gasteiger partial charge in [-0.1, -0.05) is 12.1 Å². The molecule has 8 heteroatoms. The molecule has 2 N–H and O–H groups in total. The lowest BCUT2D eigenvalue weighted by molar-refractivity contribution is 0.0374. The topological polar surface area (TPSA) is 83.1 Å². The number of urea groups is 1. The molecule has 2 aliphatic rings. The third kappa shape index (κ3) is 7.45. The molecule has 2 saturated heterocycles. The van der Waals surface area contributed by atoms with Crippen LogP contribution in [-0.4, -0.2) is 80.8 Å². The number of rotatable bonds is 9. The summed E-state index contributed by atoms with van der Waals surface area (Å²) >= 11 is 0. The standard InChI is InChI=1S/C28H38N4O4/c1-2-36-26-11-9-25(10-12-26)30-28(34)32-15-4-8-24(21-32)22-6-3-7-23(20-22)27(33)29-13-5-14-31-16-18-35-19-17-31/h3,6-7,9-12,20,24H,2,4-5,8,13-19,21H2,1H3,(H,29,33)(H,30,34). The van der Waals surface area contributed by atoms with Crippen LogP contribution in [0.5, 0.6) is 5.75 Å². The first-order valence-electron chi connectivity index (χ1n) is 13.1. The minimum atomic E-state index is -0.0991. The summed E-state index contributed by atoms with van der Waals surface area (Å²) in [4.78, 5) is 29.9. The summed E-state index contributed by atoms with van der Waals surface area (Å²) in [5.41, 5.74) is 2.53. The van der Waals surface area contributed by atoms with Gasteiger partial charge in [-0.05, 0) is 74.7 Å². The molecule has 194 valence electrons. The maximum absolute atomic E-state index is 12.9. The number of hydrogen-bond acceptors (Lipinski definition) is 5. The first-order chi connectivity index (χ1) is 17.6. The Balaban J connectivity index is 1.27. The van der Waals surface area contributed by atoms with Gasteiger partial charge in [0.15, 0.2) is 0 Å². The summed E-state index contributed by atoms with van der Waals surface area (Å²) in [5.74, 6) is 0.952. The van der Waals surface area contributed by atoms with Gasteiger partial charge in [0.25, 0.3) is 5.91 Å². The molecule has 0 spiro atoms. The summed E-state index contributed by atoms with van der Waals surface area (Å²) < 4.78 is 10.8. The van der Waals surface area contributed by atoms with Crippen LogP contribution < -0.4 is 15.4 Å². The van der Waals surface area contributed by atoms with Crippen LogP contribution in [0.2, 0.25) is 0 Å². The number of anilines is 1.